The minimum absolute atomic E-state index is 0.254. The smallest absolute Gasteiger partial charge is 0.223 e. The fourth-order valence-corrected chi connectivity index (χ4v) is 2.90. The number of likely N-dealkylation sites (tertiary alicyclic amines) is 1. The van der Waals surface area contributed by atoms with Crippen LogP contribution < -0.4 is 5.32 Å². The number of hydrogen-bond donors (Lipinski definition) is 1. The molecule has 5 nitrogen and oxygen atoms in total. The van der Waals surface area contributed by atoms with E-state index >= 15 is 0 Å². The van der Waals surface area contributed by atoms with Crippen LogP contribution in [0.25, 0.3) is 0 Å². The van der Waals surface area contributed by atoms with E-state index < -0.39 is 0 Å². The Bertz CT molecular complexity index is 393. The van der Waals surface area contributed by atoms with Crippen molar-refractivity contribution in [1.82, 2.24) is 15.1 Å². The number of rotatable bonds is 5. The zero-order valence-corrected chi connectivity index (χ0v) is 11.1. The van der Waals surface area contributed by atoms with Crippen LogP contribution in [0.5, 0.6) is 0 Å². The van der Waals surface area contributed by atoms with Crippen LogP contribution in [0.15, 0.2) is 0 Å². The molecule has 0 spiro atoms. The molecular weight excluding hydrogens is 236 g/mol. The summed E-state index contributed by atoms with van der Waals surface area (Å²) in [4.78, 5) is 13.7. The molecule has 1 aromatic heterocycles. The zero-order valence-electron chi connectivity index (χ0n) is 10.3. The van der Waals surface area contributed by atoms with Gasteiger partial charge in [-0.3, -0.25) is 4.79 Å². The van der Waals surface area contributed by atoms with Crippen molar-refractivity contribution < 1.29 is 4.79 Å². The molecule has 0 bridgehead atoms. The summed E-state index contributed by atoms with van der Waals surface area (Å²) < 4.78 is 0. The Morgan fingerprint density at radius 1 is 1.53 bits per heavy atom. The van der Waals surface area contributed by atoms with Gasteiger partial charge in [-0.2, -0.15) is 0 Å². The van der Waals surface area contributed by atoms with Crippen LogP contribution in [0.1, 0.15) is 31.2 Å². The van der Waals surface area contributed by atoms with Crippen LogP contribution in [0.4, 0.5) is 5.13 Å². The molecule has 1 unspecified atom stereocenters. The van der Waals surface area contributed by atoms with Gasteiger partial charge in [0.2, 0.25) is 11.0 Å². The Labute approximate surface area is 105 Å². The first kappa shape index (κ1) is 12.3. The lowest BCUT2D eigenvalue weighted by atomic mass is 10.0. The van der Waals surface area contributed by atoms with Crippen LogP contribution >= 0.6 is 11.3 Å². The fraction of sp³-hybridized carbons (Fsp3) is 0.727. The number of carbonyl (C=O) groups excluding carboxylic acids is 1. The summed E-state index contributed by atoms with van der Waals surface area (Å²) in [5.74, 6) is 0.786. The molecule has 1 N–H and O–H groups in total. The lowest BCUT2D eigenvalue weighted by molar-refractivity contribution is -0.128. The van der Waals surface area contributed by atoms with Crippen molar-refractivity contribution in [2.75, 3.05) is 18.9 Å². The molecule has 1 atom stereocenters. The van der Waals surface area contributed by atoms with Crippen molar-refractivity contribution in [3.05, 3.63) is 5.01 Å². The quantitative estimate of drug-likeness (QED) is 0.869. The Morgan fingerprint density at radius 3 is 3.00 bits per heavy atom. The summed E-state index contributed by atoms with van der Waals surface area (Å²) in [6.07, 6.45) is 2.99. The lowest BCUT2D eigenvalue weighted by Gasteiger charge is -2.14. The predicted octanol–water partition coefficient (Wildman–Crippen LogP) is 1.73. The minimum atomic E-state index is 0.254. The number of hydrogen-bond acceptors (Lipinski definition) is 5. The van der Waals surface area contributed by atoms with Crippen molar-refractivity contribution in [2.24, 2.45) is 5.92 Å². The Morgan fingerprint density at radius 2 is 2.35 bits per heavy atom. The molecule has 1 aromatic rings. The molecule has 94 valence electrons. The summed E-state index contributed by atoms with van der Waals surface area (Å²) in [5, 5.41) is 12.7. The van der Waals surface area contributed by atoms with Crippen LogP contribution in [-0.4, -0.2) is 34.6 Å². The maximum Gasteiger partial charge on any atom is 0.223 e. The van der Waals surface area contributed by atoms with E-state index in [-0.39, 0.29) is 5.91 Å². The van der Waals surface area contributed by atoms with Gasteiger partial charge >= 0.3 is 0 Å². The zero-order chi connectivity index (χ0) is 12.3. The maximum absolute atomic E-state index is 11.8. The van der Waals surface area contributed by atoms with E-state index in [2.05, 4.69) is 22.4 Å². The normalized spacial score (nSPS) is 20.0. The highest BCUT2D eigenvalue weighted by Crippen LogP contribution is 2.25. The highest BCUT2D eigenvalue weighted by molar-refractivity contribution is 7.15. The number of nitrogens with zero attached hydrogens (tertiary/aromatic N) is 3. The molecule has 0 aliphatic carbocycles. The first-order valence-corrected chi connectivity index (χ1v) is 6.82. The monoisotopic (exact) mass is 254 g/mol. The average molecular weight is 254 g/mol. The van der Waals surface area contributed by atoms with Crippen molar-refractivity contribution >= 4 is 22.4 Å². The van der Waals surface area contributed by atoms with E-state index in [1.54, 1.807) is 0 Å². The second-order valence-electron chi connectivity index (χ2n) is 4.38. The topological polar surface area (TPSA) is 58.1 Å². The summed E-state index contributed by atoms with van der Waals surface area (Å²) in [5.41, 5.74) is 0. The summed E-state index contributed by atoms with van der Waals surface area (Å²) >= 11 is 1.51. The van der Waals surface area contributed by atoms with E-state index in [1.165, 1.54) is 11.3 Å². The number of anilines is 1. The van der Waals surface area contributed by atoms with Gasteiger partial charge in [0.25, 0.3) is 0 Å². The first-order valence-electron chi connectivity index (χ1n) is 6.00. The molecule has 17 heavy (non-hydrogen) atoms. The summed E-state index contributed by atoms with van der Waals surface area (Å²) in [7, 11) is 1.82. The second-order valence-corrected chi connectivity index (χ2v) is 5.45. The highest BCUT2D eigenvalue weighted by atomic mass is 32.1. The Hall–Kier alpha value is -1.17. The second kappa shape index (κ2) is 5.44. The van der Waals surface area contributed by atoms with Crippen LogP contribution in [-0.2, 0) is 11.3 Å². The standard InChI is InChI=1S/C11H18N4OS/c1-3-4-8-5-10(16)15(6-8)7-9-13-14-11(12-2)17-9/h8H,3-7H2,1-2H3,(H,12,14). The van der Waals surface area contributed by atoms with Crippen LogP contribution in [0.2, 0.25) is 0 Å². The third-order valence-electron chi connectivity index (χ3n) is 3.00. The highest BCUT2D eigenvalue weighted by Gasteiger charge is 2.29. The molecule has 1 saturated heterocycles. The van der Waals surface area contributed by atoms with Crippen molar-refractivity contribution in [3.8, 4) is 0 Å². The van der Waals surface area contributed by atoms with Gasteiger partial charge in [-0.05, 0) is 12.3 Å². The molecule has 0 aromatic carbocycles. The number of carbonyl (C=O) groups is 1. The molecule has 0 saturated carbocycles. The Kier molecular flexibility index (Phi) is 3.93. The van der Waals surface area contributed by atoms with Crippen LogP contribution in [0, 0.1) is 5.92 Å². The molecule has 1 aliphatic heterocycles. The lowest BCUT2D eigenvalue weighted by Crippen LogP contribution is -2.24. The van der Waals surface area contributed by atoms with Crippen molar-refractivity contribution in [3.63, 3.8) is 0 Å². The third kappa shape index (κ3) is 2.94. The molecule has 0 radical (unpaired) electrons. The van der Waals surface area contributed by atoms with E-state index in [1.807, 2.05) is 11.9 Å². The van der Waals surface area contributed by atoms with Crippen molar-refractivity contribution in [2.45, 2.75) is 32.7 Å². The Balaban J connectivity index is 1.93. The molecule has 6 heteroatoms. The largest absolute Gasteiger partial charge is 0.363 e. The minimum Gasteiger partial charge on any atom is -0.363 e. The molecule has 1 fully saturated rings. The summed E-state index contributed by atoms with van der Waals surface area (Å²) in [6.45, 7) is 3.65. The molecule has 2 heterocycles. The summed E-state index contributed by atoms with van der Waals surface area (Å²) in [6, 6.07) is 0. The predicted molar refractivity (Wildman–Crippen MR) is 67.9 cm³/mol. The number of aromatic nitrogens is 2. The van der Waals surface area contributed by atoms with Gasteiger partial charge in [0.05, 0.1) is 6.54 Å². The SMILES string of the molecule is CCCC1CC(=O)N(Cc2nnc(NC)s2)C1. The van der Waals surface area contributed by atoms with E-state index in [4.69, 9.17) is 0 Å². The van der Waals surface area contributed by atoms with Gasteiger partial charge in [0.1, 0.15) is 5.01 Å². The van der Waals surface area contributed by atoms with Crippen molar-refractivity contribution in [1.29, 1.82) is 0 Å². The van der Waals surface area contributed by atoms with Gasteiger partial charge in [0.15, 0.2) is 0 Å². The number of nitrogens with one attached hydrogen (secondary N) is 1. The average Bonchev–Trinajstić information content (AvgIpc) is 2.88. The molecular formula is C11H18N4OS. The molecule has 1 amide bonds. The van der Waals surface area contributed by atoms with E-state index in [9.17, 15) is 4.79 Å². The van der Waals surface area contributed by atoms with Gasteiger partial charge in [-0.25, -0.2) is 0 Å². The van der Waals surface area contributed by atoms with Gasteiger partial charge in [0, 0.05) is 20.0 Å². The van der Waals surface area contributed by atoms with Gasteiger partial charge < -0.3 is 10.2 Å². The van der Waals surface area contributed by atoms with E-state index in [0.717, 1.165) is 29.5 Å². The van der Waals surface area contributed by atoms with Gasteiger partial charge in [-0.1, -0.05) is 24.7 Å². The van der Waals surface area contributed by atoms with E-state index in [0.29, 0.717) is 18.9 Å². The maximum atomic E-state index is 11.8. The third-order valence-corrected chi connectivity index (χ3v) is 3.92. The van der Waals surface area contributed by atoms with Gasteiger partial charge in [-0.15, -0.1) is 10.2 Å². The first-order chi connectivity index (χ1) is 8.22. The molecule has 2 rings (SSSR count). The molecule has 1 aliphatic rings. The fourth-order valence-electron chi connectivity index (χ4n) is 2.19. The van der Waals surface area contributed by atoms with Crippen LogP contribution in [0.3, 0.4) is 0 Å². The number of amides is 1.